The molecule has 0 fully saturated rings. The van der Waals surface area contributed by atoms with Crippen LogP contribution in [0.3, 0.4) is 0 Å². The number of carbonyl (C=O) groups is 2. The van der Waals surface area contributed by atoms with E-state index in [1.54, 1.807) is 17.0 Å². The summed E-state index contributed by atoms with van der Waals surface area (Å²) >= 11 is 6.10. The van der Waals surface area contributed by atoms with E-state index in [4.69, 9.17) is 16.3 Å². The lowest BCUT2D eigenvalue weighted by Crippen LogP contribution is -2.32. The van der Waals surface area contributed by atoms with Crippen molar-refractivity contribution < 1.29 is 14.3 Å². The Kier molecular flexibility index (Phi) is 6.86. The van der Waals surface area contributed by atoms with Gasteiger partial charge >= 0.3 is 0 Å². The summed E-state index contributed by atoms with van der Waals surface area (Å²) in [6, 6.07) is 9.37. The van der Waals surface area contributed by atoms with Gasteiger partial charge in [0.05, 0.1) is 12.8 Å². The zero-order chi connectivity index (χ0) is 20.1. The fourth-order valence-corrected chi connectivity index (χ4v) is 2.97. The highest BCUT2D eigenvalue weighted by Crippen LogP contribution is 2.31. The normalized spacial score (nSPS) is 10.4. The zero-order valence-corrected chi connectivity index (χ0v) is 17.1. The Morgan fingerprint density at radius 2 is 1.81 bits per heavy atom. The van der Waals surface area contributed by atoms with E-state index in [1.807, 2.05) is 39.0 Å². The van der Waals surface area contributed by atoms with Gasteiger partial charge in [-0.1, -0.05) is 23.7 Å². The number of nitrogens with one attached hydrogen (secondary N) is 1. The molecule has 144 valence electrons. The second-order valence-corrected chi connectivity index (χ2v) is 6.97. The van der Waals surface area contributed by atoms with Crippen molar-refractivity contribution in [3.05, 3.63) is 52.0 Å². The van der Waals surface area contributed by atoms with Crippen LogP contribution in [0, 0.1) is 20.8 Å². The van der Waals surface area contributed by atoms with Crippen molar-refractivity contribution in [3.8, 4) is 5.75 Å². The van der Waals surface area contributed by atoms with Crippen molar-refractivity contribution in [3.63, 3.8) is 0 Å². The lowest BCUT2D eigenvalue weighted by molar-refractivity contribution is -0.117. The number of carbonyl (C=O) groups excluding carboxylic acids is 2. The summed E-state index contributed by atoms with van der Waals surface area (Å²) in [5, 5.41) is 3.41. The van der Waals surface area contributed by atoms with Crippen molar-refractivity contribution in [1.29, 1.82) is 0 Å². The van der Waals surface area contributed by atoms with Crippen LogP contribution in [-0.4, -0.2) is 25.5 Å². The quantitative estimate of drug-likeness (QED) is 0.783. The third kappa shape index (κ3) is 5.23. The molecular weight excluding hydrogens is 364 g/mol. The van der Waals surface area contributed by atoms with Gasteiger partial charge in [0.15, 0.2) is 0 Å². The zero-order valence-electron chi connectivity index (χ0n) is 16.4. The molecule has 6 heteroatoms. The van der Waals surface area contributed by atoms with Crippen molar-refractivity contribution >= 4 is 34.8 Å². The summed E-state index contributed by atoms with van der Waals surface area (Å²) in [4.78, 5) is 26.2. The first kappa shape index (κ1) is 20.8. The highest BCUT2D eigenvalue weighted by atomic mass is 35.5. The van der Waals surface area contributed by atoms with Crippen molar-refractivity contribution in [1.82, 2.24) is 0 Å². The Balaban J connectivity index is 2.12. The highest BCUT2D eigenvalue weighted by molar-refractivity contribution is 6.31. The van der Waals surface area contributed by atoms with Crippen LogP contribution in [0.4, 0.5) is 11.4 Å². The average molecular weight is 389 g/mol. The topological polar surface area (TPSA) is 58.6 Å². The first-order chi connectivity index (χ1) is 12.7. The fourth-order valence-electron chi connectivity index (χ4n) is 2.81. The van der Waals surface area contributed by atoms with Crippen molar-refractivity contribution in [2.24, 2.45) is 0 Å². The summed E-state index contributed by atoms with van der Waals surface area (Å²) in [5.41, 5.74) is 4.29. The molecule has 0 aromatic heterocycles. The molecule has 2 rings (SSSR count). The molecule has 0 saturated heterocycles. The molecule has 1 N–H and O–H groups in total. The lowest BCUT2D eigenvalue weighted by atomic mass is 10.1. The molecule has 0 heterocycles. The van der Waals surface area contributed by atoms with Crippen LogP contribution in [0.2, 0.25) is 5.02 Å². The molecule has 0 bridgehead atoms. The standard InChI is InChI=1S/C21H25ClN2O3/c1-13-6-7-14(2)19(10-13)24(16(4)25)9-8-21(26)23-18-11-15(3)17(22)12-20(18)27-5/h6-7,10-12H,8-9H2,1-5H3,(H,23,26). The van der Waals surface area contributed by atoms with Gasteiger partial charge in [0.1, 0.15) is 5.75 Å². The van der Waals surface area contributed by atoms with E-state index in [2.05, 4.69) is 5.32 Å². The minimum atomic E-state index is -0.202. The van der Waals surface area contributed by atoms with E-state index in [0.29, 0.717) is 23.0 Å². The van der Waals surface area contributed by atoms with Gasteiger partial charge in [-0.05, 0) is 49.6 Å². The van der Waals surface area contributed by atoms with Gasteiger partial charge in [-0.15, -0.1) is 0 Å². The Hall–Kier alpha value is -2.53. The number of nitrogens with zero attached hydrogens (tertiary/aromatic N) is 1. The van der Waals surface area contributed by atoms with E-state index in [1.165, 1.54) is 14.0 Å². The Morgan fingerprint density at radius 1 is 1.11 bits per heavy atom. The Bertz CT molecular complexity index is 865. The van der Waals surface area contributed by atoms with Gasteiger partial charge < -0.3 is 15.0 Å². The number of methoxy groups -OCH3 is 1. The highest BCUT2D eigenvalue weighted by Gasteiger charge is 2.17. The van der Waals surface area contributed by atoms with E-state index in [0.717, 1.165) is 22.4 Å². The second-order valence-electron chi connectivity index (χ2n) is 6.56. The molecule has 2 aromatic carbocycles. The van der Waals surface area contributed by atoms with E-state index < -0.39 is 0 Å². The second kappa shape index (κ2) is 8.91. The van der Waals surface area contributed by atoms with Crippen LogP contribution in [0.25, 0.3) is 0 Å². The lowest BCUT2D eigenvalue weighted by Gasteiger charge is -2.23. The van der Waals surface area contributed by atoms with Gasteiger partial charge in [-0.25, -0.2) is 0 Å². The smallest absolute Gasteiger partial charge is 0.226 e. The summed E-state index contributed by atoms with van der Waals surface area (Å²) in [7, 11) is 1.52. The van der Waals surface area contributed by atoms with Gasteiger partial charge in [0.2, 0.25) is 11.8 Å². The third-order valence-corrected chi connectivity index (χ3v) is 4.76. The van der Waals surface area contributed by atoms with Crippen molar-refractivity contribution in [2.45, 2.75) is 34.1 Å². The van der Waals surface area contributed by atoms with E-state index in [-0.39, 0.29) is 18.2 Å². The summed E-state index contributed by atoms with van der Waals surface area (Å²) < 4.78 is 5.28. The number of amides is 2. The number of halogens is 1. The molecule has 0 saturated carbocycles. The minimum absolute atomic E-state index is 0.101. The number of hydrogen-bond acceptors (Lipinski definition) is 3. The number of aryl methyl sites for hydroxylation is 3. The van der Waals surface area contributed by atoms with E-state index in [9.17, 15) is 9.59 Å². The third-order valence-electron chi connectivity index (χ3n) is 4.35. The number of ether oxygens (including phenoxy) is 1. The maximum atomic E-state index is 12.4. The Labute approximate surface area is 165 Å². The molecule has 0 unspecified atom stereocenters. The molecule has 0 radical (unpaired) electrons. The first-order valence-corrected chi connectivity index (χ1v) is 9.10. The number of anilines is 2. The maximum absolute atomic E-state index is 12.4. The predicted octanol–water partition coefficient (Wildman–Crippen LogP) is 4.66. The van der Waals surface area contributed by atoms with Gasteiger partial charge in [-0.2, -0.15) is 0 Å². The molecule has 0 atom stereocenters. The number of benzene rings is 2. The van der Waals surface area contributed by atoms with Crippen LogP contribution in [0.15, 0.2) is 30.3 Å². The van der Waals surface area contributed by atoms with Gasteiger partial charge in [0.25, 0.3) is 0 Å². The molecule has 27 heavy (non-hydrogen) atoms. The van der Waals surface area contributed by atoms with Crippen LogP contribution in [0.1, 0.15) is 30.0 Å². The Morgan fingerprint density at radius 3 is 2.44 bits per heavy atom. The molecule has 2 amide bonds. The molecule has 0 aliphatic heterocycles. The van der Waals surface area contributed by atoms with Crippen LogP contribution in [-0.2, 0) is 9.59 Å². The molecule has 0 aliphatic carbocycles. The minimum Gasteiger partial charge on any atom is -0.495 e. The van der Waals surface area contributed by atoms with Gasteiger partial charge in [-0.3, -0.25) is 9.59 Å². The fraction of sp³-hybridized carbons (Fsp3) is 0.333. The largest absolute Gasteiger partial charge is 0.495 e. The summed E-state index contributed by atoms with van der Waals surface area (Å²) in [6.07, 6.45) is 0.164. The molecule has 0 aliphatic rings. The average Bonchev–Trinajstić information content (AvgIpc) is 2.60. The first-order valence-electron chi connectivity index (χ1n) is 8.72. The summed E-state index contributed by atoms with van der Waals surface area (Å²) in [6.45, 7) is 7.58. The van der Waals surface area contributed by atoms with Crippen LogP contribution in [0.5, 0.6) is 5.75 Å². The van der Waals surface area contributed by atoms with Crippen molar-refractivity contribution in [2.75, 3.05) is 23.9 Å². The van der Waals surface area contributed by atoms with Gasteiger partial charge in [0, 0.05) is 36.7 Å². The maximum Gasteiger partial charge on any atom is 0.226 e. The molecular formula is C21H25ClN2O3. The SMILES string of the molecule is COc1cc(Cl)c(C)cc1NC(=O)CCN(C(C)=O)c1cc(C)ccc1C. The molecule has 0 spiro atoms. The van der Waals surface area contributed by atoms with E-state index >= 15 is 0 Å². The molecule has 5 nitrogen and oxygen atoms in total. The number of rotatable bonds is 6. The number of hydrogen-bond donors (Lipinski definition) is 1. The van der Waals surface area contributed by atoms with Crippen LogP contribution < -0.4 is 15.0 Å². The molecule has 2 aromatic rings. The monoisotopic (exact) mass is 388 g/mol. The summed E-state index contributed by atoms with van der Waals surface area (Å²) in [5.74, 6) is 0.194. The predicted molar refractivity (Wildman–Crippen MR) is 110 cm³/mol. The van der Waals surface area contributed by atoms with Crippen LogP contribution >= 0.6 is 11.6 Å².